The van der Waals surface area contributed by atoms with Crippen molar-refractivity contribution in [2.75, 3.05) is 30.9 Å². The molecule has 2 N–H and O–H groups in total. The van der Waals surface area contributed by atoms with Gasteiger partial charge in [-0.3, -0.25) is 0 Å². The molecular weight excluding hydrogens is 204 g/mol. The van der Waals surface area contributed by atoms with E-state index in [1.54, 1.807) is 18.5 Å². The molecule has 5 heteroatoms. The predicted octanol–water partition coefficient (Wildman–Crippen LogP) is 0.891. The summed E-state index contributed by atoms with van der Waals surface area (Å²) in [5.74, 6) is 1.43. The van der Waals surface area contributed by atoms with Crippen molar-refractivity contribution >= 4 is 11.6 Å². The summed E-state index contributed by atoms with van der Waals surface area (Å²) in [5.41, 5.74) is 0. The van der Waals surface area contributed by atoms with Gasteiger partial charge in [0.25, 0.3) is 0 Å². The second kappa shape index (κ2) is 6.07. The molecule has 0 saturated heterocycles. The van der Waals surface area contributed by atoms with Gasteiger partial charge in [-0.1, -0.05) is 6.08 Å². The quantitative estimate of drug-likeness (QED) is 0.700. The van der Waals surface area contributed by atoms with Crippen molar-refractivity contribution < 1.29 is 5.11 Å². The van der Waals surface area contributed by atoms with Crippen LogP contribution in [-0.2, 0) is 0 Å². The summed E-state index contributed by atoms with van der Waals surface area (Å²) in [5, 5.41) is 12.3. The Morgan fingerprint density at radius 1 is 1.50 bits per heavy atom. The van der Waals surface area contributed by atoms with Crippen LogP contribution in [0.25, 0.3) is 0 Å². The lowest BCUT2D eigenvalue weighted by Crippen LogP contribution is -2.25. The van der Waals surface area contributed by atoms with Gasteiger partial charge in [0, 0.05) is 26.5 Å². The molecule has 88 valence electrons. The van der Waals surface area contributed by atoms with Gasteiger partial charge in [0.05, 0.1) is 12.6 Å². The number of aliphatic hydroxyl groups excluding tert-OH is 1. The largest absolute Gasteiger partial charge is 0.394 e. The van der Waals surface area contributed by atoms with E-state index in [4.69, 9.17) is 0 Å². The number of anilines is 2. The monoisotopic (exact) mass is 222 g/mol. The van der Waals surface area contributed by atoms with Crippen molar-refractivity contribution in [1.29, 1.82) is 0 Å². The lowest BCUT2D eigenvalue weighted by atomic mass is 10.2. The van der Waals surface area contributed by atoms with Gasteiger partial charge in [-0.15, -0.1) is 6.58 Å². The normalized spacial score (nSPS) is 11.9. The molecule has 16 heavy (non-hydrogen) atoms. The highest BCUT2D eigenvalue weighted by atomic mass is 16.3. The summed E-state index contributed by atoms with van der Waals surface area (Å²) >= 11 is 0. The molecule has 0 aliphatic rings. The summed E-state index contributed by atoms with van der Waals surface area (Å²) in [7, 11) is 3.80. The highest BCUT2D eigenvalue weighted by molar-refractivity contribution is 5.60. The fourth-order valence-corrected chi connectivity index (χ4v) is 1.33. The Morgan fingerprint density at radius 3 is 2.75 bits per heavy atom. The minimum absolute atomic E-state index is 0.0372. The number of aliphatic hydroxyl groups is 1. The zero-order valence-corrected chi connectivity index (χ0v) is 9.72. The van der Waals surface area contributed by atoms with E-state index in [9.17, 15) is 5.11 Å². The first-order valence-electron chi connectivity index (χ1n) is 5.15. The van der Waals surface area contributed by atoms with Gasteiger partial charge < -0.3 is 15.3 Å². The molecular formula is C11H18N4O. The summed E-state index contributed by atoms with van der Waals surface area (Å²) in [6.45, 7) is 3.69. The van der Waals surface area contributed by atoms with Crippen molar-refractivity contribution in [2.45, 2.75) is 12.5 Å². The number of hydrogen-bond donors (Lipinski definition) is 2. The first-order valence-corrected chi connectivity index (χ1v) is 5.15. The number of aromatic nitrogens is 2. The molecule has 1 aromatic heterocycles. The van der Waals surface area contributed by atoms with Crippen LogP contribution >= 0.6 is 0 Å². The van der Waals surface area contributed by atoms with Crippen LogP contribution in [-0.4, -0.2) is 41.8 Å². The Labute approximate surface area is 95.8 Å². The molecule has 0 radical (unpaired) electrons. The molecule has 0 fully saturated rings. The number of nitrogens with one attached hydrogen (secondary N) is 1. The fraction of sp³-hybridized carbons (Fsp3) is 0.455. The first kappa shape index (κ1) is 12.4. The average Bonchev–Trinajstić information content (AvgIpc) is 2.29. The van der Waals surface area contributed by atoms with Crippen LogP contribution < -0.4 is 10.2 Å². The van der Waals surface area contributed by atoms with Gasteiger partial charge in [0.1, 0.15) is 0 Å². The third-order valence-electron chi connectivity index (χ3n) is 2.11. The van der Waals surface area contributed by atoms with Crippen LogP contribution in [0.3, 0.4) is 0 Å². The van der Waals surface area contributed by atoms with Crippen LogP contribution in [0.4, 0.5) is 11.6 Å². The molecule has 1 unspecified atom stereocenters. The van der Waals surface area contributed by atoms with E-state index in [0.29, 0.717) is 12.2 Å². The highest BCUT2D eigenvalue weighted by Crippen LogP contribution is 2.18. The second-order valence-electron chi connectivity index (χ2n) is 3.67. The van der Waals surface area contributed by atoms with E-state index < -0.39 is 0 Å². The van der Waals surface area contributed by atoms with Crippen molar-refractivity contribution in [3.05, 3.63) is 25.0 Å². The topological polar surface area (TPSA) is 61.3 Å². The van der Waals surface area contributed by atoms with Crippen molar-refractivity contribution in [2.24, 2.45) is 0 Å². The maximum atomic E-state index is 9.18. The van der Waals surface area contributed by atoms with E-state index in [-0.39, 0.29) is 12.6 Å². The second-order valence-corrected chi connectivity index (χ2v) is 3.67. The molecule has 0 aliphatic heterocycles. The zero-order chi connectivity index (χ0) is 12.0. The van der Waals surface area contributed by atoms with E-state index in [1.807, 2.05) is 19.0 Å². The molecule has 0 amide bonds. The van der Waals surface area contributed by atoms with Gasteiger partial charge in [-0.25, -0.2) is 9.97 Å². The molecule has 0 aliphatic carbocycles. The predicted molar refractivity (Wildman–Crippen MR) is 65.7 cm³/mol. The fourth-order valence-electron chi connectivity index (χ4n) is 1.33. The standard InChI is InChI=1S/C11H18N4O/c1-4-5-9(8-16)14-10-11(15(2)3)13-7-6-12-10/h4,6-7,9,16H,1,5,8H2,2-3H3,(H,12,14). The van der Waals surface area contributed by atoms with Crippen LogP contribution in [0.15, 0.2) is 25.0 Å². The van der Waals surface area contributed by atoms with Gasteiger partial charge in [-0.2, -0.15) is 0 Å². The van der Waals surface area contributed by atoms with Crippen LogP contribution in [0.1, 0.15) is 6.42 Å². The smallest absolute Gasteiger partial charge is 0.171 e. The van der Waals surface area contributed by atoms with Crippen molar-refractivity contribution in [1.82, 2.24) is 9.97 Å². The average molecular weight is 222 g/mol. The molecule has 0 saturated carbocycles. The molecule has 1 aromatic rings. The highest BCUT2D eigenvalue weighted by Gasteiger charge is 2.11. The van der Waals surface area contributed by atoms with Gasteiger partial charge >= 0.3 is 0 Å². The van der Waals surface area contributed by atoms with Gasteiger partial charge in [0.2, 0.25) is 0 Å². The van der Waals surface area contributed by atoms with Crippen molar-refractivity contribution in [3.63, 3.8) is 0 Å². The van der Waals surface area contributed by atoms with E-state index in [2.05, 4.69) is 21.9 Å². The third-order valence-corrected chi connectivity index (χ3v) is 2.11. The van der Waals surface area contributed by atoms with Gasteiger partial charge in [-0.05, 0) is 6.42 Å². The SMILES string of the molecule is C=CCC(CO)Nc1nccnc1N(C)C. The Balaban J connectivity index is 2.82. The Kier molecular flexibility index (Phi) is 4.72. The van der Waals surface area contributed by atoms with E-state index >= 15 is 0 Å². The number of nitrogens with zero attached hydrogens (tertiary/aromatic N) is 3. The van der Waals surface area contributed by atoms with E-state index in [1.165, 1.54) is 0 Å². The molecule has 1 heterocycles. The molecule has 5 nitrogen and oxygen atoms in total. The molecule has 0 spiro atoms. The summed E-state index contributed by atoms with van der Waals surface area (Å²) in [6, 6.07) is -0.0760. The minimum Gasteiger partial charge on any atom is -0.394 e. The molecule has 1 rings (SSSR count). The summed E-state index contributed by atoms with van der Waals surface area (Å²) in [6.07, 6.45) is 5.71. The number of hydrogen-bond acceptors (Lipinski definition) is 5. The van der Waals surface area contributed by atoms with Crippen molar-refractivity contribution in [3.8, 4) is 0 Å². The first-order chi connectivity index (χ1) is 7.69. The minimum atomic E-state index is -0.0760. The maximum Gasteiger partial charge on any atom is 0.171 e. The molecule has 0 bridgehead atoms. The lowest BCUT2D eigenvalue weighted by molar-refractivity contribution is 0.275. The van der Waals surface area contributed by atoms with Gasteiger partial charge in [0.15, 0.2) is 11.6 Å². The Hall–Kier alpha value is -1.62. The Bertz CT molecular complexity index is 341. The molecule has 1 atom stereocenters. The molecule has 0 aromatic carbocycles. The zero-order valence-electron chi connectivity index (χ0n) is 9.72. The van der Waals surface area contributed by atoms with Crippen LogP contribution in [0.2, 0.25) is 0 Å². The summed E-state index contributed by atoms with van der Waals surface area (Å²) in [4.78, 5) is 10.3. The third kappa shape index (κ3) is 3.20. The maximum absolute atomic E-state index is 9.18. The van der Waals surface area contributed by atoms with Crippen LogP contribution in [0.5, 0.6) is 0 Å². The van der Waals surface area contributed by atoms with Crippen LogP contribution in [0, 0.1) is 0 Å². The lowest BCUT2D eigenvalue weighted by Gasteiger charge is -2.19. The Morgan fingerprint density at radius 2 is 2.19 bits per heavy atom. The van der Waals surface area contributed by atoms with E-state index in [0.717, 1.165) is 5.82 Å². The number of rotatable bonds is 6. The summed E-state index contributed by atoms with van der Waals surface area (Å²) < 4.78 is 0.